The summed E-state index contributed by atoms with van der Waals surface area (Å²) in [6, 6.07) is 2.38. The average Bonchev–Trinajstić information content (AvgIpc) is 2.21. The largest absolute Gasteiger partial charge is 0.366 e. The number of rotatable bonds is 2. The van der Waals surface area contributed by atoms with Gasteiger partial charge in [-0.1, -0.05) is 25.4 Å². The first-order valence-corrected chi connectivity index (χ1v) is 7.29. The fraction of sp³-hybridized carbons (Fsp3) is 0.615. The summed E-state index contributed by atoms with van der Waals surface area (Å²) >= 11 is 9.53. The molecule has 0 saturated heterocycles. The number of anilines is 1. The third-order valence-corrected chi connectivity index (χ3v) is 4.05. The van der Waals surface area contributed by atoms with Gasteiger partial charge in [-0.25, -0.2) is 4.98 Å². The van der Waals surface area contributed by atoms with E-state index in [1.807, 2.05) is 6.07 Å². The predicted octanol–water partition coefficient (Wildman–Crippen LogP) is 4.73. The molecule has 4 heteroatoms. The Labute approximate surface area is 116 Å². The van der Waals surface area contributed by atoms with Gasteiger partial charge in [0, 0.05) is 16.7 Å². The molecule has 1 fully saturated rings. The standard InChI is InChI=1S/C13H18BrClN2/c1-8-3-9(2)5-11(4-8)17-13-12(15)6-10(14)7-16-13/h6-9,11H,3-5H2,1-2H3,(H,16,17). The van der Waals surface area contributed by atoms with Crippen LogP contribution in [0.5, 0.6) is 0 Å². The lowest BCUT2D eigenvalue weighted by atomic mass is 9.80. The molecule has 0 radical (unpaired) electrons. The Morgan fingerprint density at radius 2 is 1.94 bits per heavy atom. The molecule has 2 unspecified atom stereocenters. The van der Waals surface area contributed by atoms with Crippen LogP contribution in [0.1, 0.15) is 33.1 Å². The first-order chi connectivity index (χ1) is 8.04. The van der Waals surface area contributed by atoms with Crippen molar-refractivity contribution in [1.29, 1.82) is 0 Å². The highest BCUT2D eigenvalue weighted by Gasteiger charge is 2.24. The third-order valence-electron chi connectivity index (χ3n) is 3.33. The molecule has 0 aromatic carbocycles. The first-order valence-electron chi connectivity index (χ1n) is 6.12. The molecular weight excluding hydrogens is 300 g/mol. The molecule has 1 aromatic heterocycles. The molecule has 2 nitrogen and oxygen atoms in total. The molecule has 1 aromatic rings. The zero-order chi connectivity index (χ0) is 12.4. The average molecular weight is 318 g/mol. The van der Waals surface area contributed by atoms with Gasteiger partial charge in [-0.2, -0.15) is 0 Å². The van der Waals surface area contributed by atoms with Crippen molar-refractivity contribution in [3.05, 3.63) is 21.8 Å². The molecule has 1 heterocycles. The van der Waals surface area contributed by atoms with Crippen LogP contribution in [-0.4, -0.2) is 11.0 Å². The molecule has 1 aliphatic rings. The fourth-order valence-electron chi connectivity index (χ4n) is 2.78. The monoisotopic (exact) mass is 316 g/mol. The van der Waals surface area contributed by atoms with E-state index in [0.717, 1.165) is 22.1 Å². The van der Waals surface area contributed by atoms with Crippen LogP contribution in [0.4, 0.5) is 5.82 Å². The minimum absolute atomic E-state index is 0.500. The number of hydrogen-bond donors (Lipinski definition) is 1. The first kappa shape index (κ1) is 13.2. The molecule has 2 atom stereocenters. The van der Waals surface area contributed by atoms with E-state index in [0.29, 0.717) is 11.1 Å². The van der Waals surface area contributed by atoms with E-state index in [1.165, 1.54) is 19.3 Å². The summed E-state index contributed by atoms with van der Waals surface area (Å²) in [5.41, 5.74) is 0. The Morgan fingerprint density at radius 1 is 1.29 bits per heavy atom. The Morgan fingerprint density at radius 3 is 2.53 bits per heavy atom. The zero-order valence-electron chi connectivity index (χ0n) is 10.2. The van der Waals surface area contributed by atoms with Gasteiger partial charge in [0.25, 0.3) is 0 Å². The normalized spacial score (nSPS) is 29.1. The van der Waals surface area contributed by atoms with Crippen LogP contribution in [0, 0.1) is 11.8 Å². The van der Waals surface area contributed by atoms with Crippen molar-refractivity contribution in [2.24, 2.45) is 11.8 Å². The minimum atomic E-state index is 0.500. The molecule has 0 aliphatic heterocycles. The molecule has 94 valence electrons. The summed E-state index contributed by atoms with van der Waals surface area (Å²) in [5, 5.41) is 4.16. The quantitative estimate of drug-likeness (QED) is 0.852. The Bertz CT molecular complexity index is 387. The maximum absolute atomic E-state index is 6.17. The summed E-state index contributed by atoms with van der Waals surface area (Å²) in [7, 11) is 0. The Hall–Kier alpha value is -0.280. The summed E-state index contributed by atoms with van der Waals surface area (Å²) in [6.45, 7) is 4.64. The molecule has 0 amide bonds. The Balaban J connectivity index is 2.04. The van der Waals surface area contributed by atoms with Gasteiger partial charge in [0.15, 0.2) is 0 Å². The second-order valence-corrected chi connectivity index (χ2v) is 6.57. The highest BCUT2D eigenvalue weighted by Crippen LogP contribution is 2.32. The van der Waals surface area contributed by atoms with Crippen LogP contribution in [0.2, 0.25) is 5.02 Å². The lowest BCUT2D eigenvalue weighted by molar-refractivity contribution is 0.280. The van der Waals surface area contributed by atoms with Gasteiger partial charge in [0.05, 0.1) is 5.02 Å². The van der Waals surface area contributed by atoms with Gasteiger partial charge in [-0.3, -0.25) is 0 Å². The van der Waals surface area contributed by atoms with Gasteiger partial charge >= 0.3 is 0 Å². The van der Waals surface area contributed by atoms with Crippen molar-refractivity contribution < 1.29 is 0 Å². The van der Waals surface area contributed by atoms with E-state index < -0.39 is 0 Å². The van der Waals surface area contributed by atoms with Crippen LogP contribution in [-0.2, 0) is 0 Å². The minimum Gasteiger partial charge on any atom is -0.366 e. The van der Waals surface area contributed by atoms with E-state index in [9.17, 15) is 0 Å². The number of nitrogens with zero attached hydrogens (tertiary/aromatic N) is 1. The molecule has 17 heavy (non-hydrogen) atoms. The molecule has 1 N–H and O–H groups in total. The lowest BCUT2D eigenvalue weighted by Crippen LogP contribution is -2.30. The number of aromatic nitrogens is 1. The van der Waals surface area contributed by atoms with E-state index in [1.54, 1.807) is 6.20 Å². The second-order valence-electron chi connectivity index (χ2n) is 5.24. The lowest BCUT2D eigenvalue weighted by Gasteiger charge is -2.32. The van der Waals surface area contributed by atoms with Gasteiger partial charge in [0.1, 0.15) is 5.82 Å². The van der Waals surface area contributed by atoms with Crippen LogP contribution < -0.4 is 5.32 Å². The molecule has 0 spiro atoms. The van der Waals surface area contributed by atoms with Gasteiger partial charge in [0.2, 0.25) is 0 Å². The van der Waals surface area contributed by atoms with E-state index in [4.69, 9.17) is 11.6 Å². The van der Waals surface area contributed by atoms with Crippen LogP contribution in [0.3, 0.4) is 0 Å². The summed E-state index contributed by atoms with van der Waals surface area (Å²) in [4.78, 5) is 4.33. The van der Waals surface area contributed by atoms with Crippen molar-refractivity contribution >= 4 is 33.3 Å². The van der Waals surface area contributed by atoms with Crippen molar-refractivity contribution in [3.63, 3.8) is 0 Å². The van der Waals surface area contributed by atoms with Gasteiger partial charge < -0.3 is 5.32 Å². The maximum Gasteiger partial charge on any atom is 0.145 e. The van der Waals surface area contributed by atoms with E-state index in [2.05, 4.69) is 40.1 Å². The maximum atomic E-state index is 6.17. The van der Waals surface area contributed by atoms with Gasteiger partial charge in [-0.05, 0) is 53.1 Å². The fourth-order valence-corrected chi connectivity index (χ4v) is 3.46. The van der Waals surface area contributed by atoms with Crippen molar-refractivity contribution in [2.45, 2.75) is 39.2 Å². The number of nitrogens with one attached hydrogen (secondary N) is 1. The van der Waals surface area contributed by atoms with E-state index in [-0.39, 0.29) is 0 Å². The SMILES string of the molecule is CC1CC(C)CC(Nc2ncc(Br)cc2Cl)C1. The molecule has 2 rings (SSSR count). The molecular formula is C13H18BrClN2. The molecule has 1 saturated carbocycles. The highest BCUT2D eigenvalue weighted by molar-refractivity contribution is 9.10. The summed E-state index contributed by atoms with van der Waals surface area (Å²) in [5.74, 6) is 2.37. The van der Waals surface area contributed by atoms with Crippen LogP contribution in [0.25, 0.3) is 0 Å². The summed E-state index contributed by atoms with van der Waals surface area (Å²) < 4.78 is 0.915. The van der Waals surface area contributed by atoms with Crippen LogP contribution in [0.15, 0.2) is 16.7 Å². The third kappa shape index (κ3) is 3.59. The molecule has 1 aliphatic carbocycles. The number of hydrogen-bond acceptors (Lipinski definition) is 2. The smallest absolute Gasteiger partial charge is 0.145 e. The van der Waals surface area contributed by atoms with Crippen molar-refractivity contribution in [1.82, 2.24) is 4.98 Å². The van der Waals surface area contributed by atoms with E-state index >= 15 is 0 Å². The van der Waals surface area contributed by atoms with Crippen LogP contribution >= 0.6 is 27.5 Å². The second kappa shape index (κ2) is 5.57. The predicted molar refractivity (Wildman–Crippen MR) is 76.5 cm³/mol. The van der Waals surface area contributed by atoms with Crippen molar-refractivity contribution in [2.75, 3.05) is 5.32 Å². The highest BCUT2D eigenvalue weighted by atomic mass is 79.9. The number of pyridine rings is 1. The number of halogens is 2. The topological polar surface area (TPSA) is 24.9 Å². The Kier molecular flexibility index (Phi) is 4.31. The molecule has 0 bridgehead atoms. The van der Waals surface area contributed by atoms with Crippen molar-refractivity contribution in [3.8, 4) is 0 Å². The zero-order valence-corrected chi connectivity index (χ0v) is 12.6. The summed E-state index contributed by atoms with van der Waals surface area (Å²) in [6.07, 6.45) is 5.53. The van der Waals surface area contributed by atoms with Gasteiger partial charge in [-0.15, -0.1) is 0 Å².